The molecule has 1 unspecified atom stereocenters. The summed E-state index contributed by atoms with van der Waals surface area (Å²) in [5, 5.41) is 13.9. The van der Waals surface area contributed by atoms with E-state index in [1.54, 1.807) is 13.0 Å². The van der Waals surface area contributed by atoms with Crippen LogP contribution < -0.4 is 10.9 Å². The molecule has 6 heteroatoms. The van der Waals surface area contributed by atoms with Crippen molar-refractivity contribution in [2.75, 3.05) is 11.9 Å². The molecule has 1 atom stereocenters. The highest BCUT2D eigenvalue weighted by Crippen LogP contribution is 2.49. The number of amides is 1. The van der Waals surface area contributed by atoms with E-state index in [0.717, 1.165) is 56.1 Å². The molecule has 2 aliphatic carbocycles. The number of hydrogen-bond acceptors (Lipinski definition) is 5. The number of aryl methyl sites for hydroxylation is 1. The number of hydrogen-bond donors (Lipinski definition) is 2. The molecule has 1 amide bonds. The number of ether oxygens (including phenoxy) is 1. The third kappa shape index (κ3) is 4.37. The second-order valence-electron chi connectivity index (χ2n) is 8.25. The Kier molecular flexibility index (Phi) is 6.11. The molecule has 0 spiro atoms. The zero-order valence-corrected chi connectivity index (χ0v) is 17.4. The van der Waals surface area contributed by atoms with Gasteiger partial charge < -0.3 is 14.3 Å². The maximum atomic E-state index is 13.0. The number of rotatable bonds is 5. The zero-order valence-electron chi connectivity index (χ0n) is 17.4. The quantitative estimate of drug-likeness (QED) is 0.713. The van der Waals surface area contributed by atoms with Crippen molar-refractivity contribution in [2.45, 2.75) is 64.2 Å². The van der Waals surface area contributed by atoms with Gasteiger partial charge in [-0.3, -0.25) is 5.32 Å². The van der Waals surface area contributed by atoms with Gasteiger partial charge in [0.15, 0.2) is 0 Å². The predicted octanol–water partition coefficient (Wildman–Crippen LogP) is 5.11. The normalized spacial score (nSPS) is 17.4. The van der Waals surface area contributed by atoms with Crippen LogP contribution in [0.1, 0.15) is 73.8 Å². The summed E-state index contributed by atoms with van der Waals surface area (Å²) < 4.78 is 10.7. The van der Waals surface area contributed by atoms with Crippen LogP contribution in [0.5, 0.6) is 5.75 Å². The Morgan fingerprint density at radius 1 is 1.23 bits per heavy atom. The summed E-state index contributed by atoms with van der Waals surface area (Å²) in [7, 11) is 0. The molecule has 30 heavy (non-hydrogen) atoms. The highest BCUT2D eigenvalue weighted by atomic mass is 16.5. The third-order valence-corrected chi connectivity index (χ3v) is 6.07. The van der Waals surface area contributed by atoms with E-state index in [1.807, 2.05) is 18.2 Å². The van der Waals surface area contributed by atoms with Gasteiger partial charge in [-0.25, -0.2) is 9.59 Å². The van der Waals surface area contributed by atoms with Gasteiger partial charge in [0.1, 0.15) is 11.5 Å². The lowest BCUT2D eigenvalue weighted by atomic mass is 9.85. The van der Waals surface area contributed by atoms with Crippen LogP contribution in [-0.2, 0) is 17.6 Å². The van der Waals surface area contributed by atoms with Gasteiger partial charge in [-0.2, -0.15) is 0 Å². The Hall–Kier alpha value is -2.76. The van der Waals surface area contributed by atoms with Gasteiger partial charge in [-0.05, 0) is 62.6 Å². The van der Waals surface area contributed by atoms with Crippen LogP contribution in [0.2, 0.25) is 0 Å². The second-order valence-corrected chi connectivity index (χ2v) is 8.25. The molecule has 1 aromatic heterocycles. The first-order chi connectivity index (χ1) is 14.6. The van der Waals surface area contributed by atoms with Crippen molar-refractivity contribution in [1.29, 1.82) is 0 Å². The lowest BCUT2D eigenvalue weighted by Gasteiger charge is -2.21. The average Bonchev–Trinajstić information content (AvgIpc) is 3.52. The third-order valence-electron chi connectivity index (χ3n) is 6.07. The molecular weight excluding hydrogens is 382 g/mol. The fourth-order valence-corrected chi connectivity index (χ4v) is 4.49. The van der Waals surface area contributed by atoms with Gasteiger partial charge in [-0.1, -0.05) is 25.0 Å². The topological polar surface area (TPSA) is 88.8 Å². The van der Waals surface area contributed by atoms with Crippen molar-refractivity contribution in [3.63, 3.8) is 0 Å². The van der Waals surface area contributed by atoms with E-state index in [1.165, 1.54) is 0 Å². The minimum atomic E-state index is -0.513. The molecule has 1 aromatic carbocycles. The van der Waals surface area contributed by atoms with E-state index in [0.29, 0.717) is 30.0 Å². The molecule has 160 valence electrons. The molecule has 2 N–H and O–H groups in total. The van der Waals surface area contributed by atoms with Crippen LogP contribution in [0.15, 0.2) is 33.5 Å². The fourth-order valence-electron chi connectivity index (χ4n) is 4.49. The van der Waals surface area contributed by atoms with Crippen molar-refractivity contribution in [3.05, 3.63) is 57.1 Å². The van der Waals surface area contributed by atoms with Crippen molar-refractivity contribution < 1.29 is 19.1 Å². The Bertz CT molecular complexity index is 976. The number of nitrogens with one attached hydrogen (secondary N) is 1. The molecule has 1 fully saturated rings. The van der Waals surface area contributed by atoms with Crippen molar-refractivity contribution >= 4 is 11.8 Å². The monoisotopic (exact) mass is 411 g/mol. The molecule has 1 heterocycles. The molecular formula is C24H29NO5. The van der Waals surface area contributed by atoms with E-state index in [4.69, 9.17) is 9.15 Å². The SMILES string of the molecule is CCOC(=O)Nc1cccc(C(c2c(O)c3c(oc2=O)CCCCCC3)C2CC2)c1. The number of carbonyl (C=O) groups is 1. The van der Waals surface area contributed by atoms with E-state index in [-0.39, 0.29) is 17.6 Å². The van der Waals surface area contributed by atoms with Crippen LogP contribution in [-0.4, -0.2) is 17.8 Å². The van der Waals surface area contributed by atoms with Crippen molar-refractivity contribution in [2.24, 2.45) is 5.92 Å². The maximum absolute atomic E-state index is 13.0. The summed E-state index contributed by atoms with van der Waals surface area (Å²) in [5.41, 5.74) is 2.22. The van der Waals surface area contributed by atoms with E-state index in [9.17, 15) is 14.7 Å². The zero-order chi connectivity index (χ0) is 21.1. The summed E-state index contributed by atoms with van der Waals surface area (Å²) in [4.78, 5) is 24.8. The fraction of sp³-hybridized carbons (Fsp3) is 0.500. The first-order valence-corrected chi connectivity index (χ1v) is 11.0. The molecule has 6 nitrogen and oxygen atoms in total. The molecule has 2 aromatic rings. The molecule has 2 aliphatic rings. The van der Waals surface area contributed by atoms with E-state index >= 15 is 0 Å². The summed E-state index contributed by atoms with van der Waals surface area (Å²) in [5.74, 6) is 0.793. The summed E-state index contributed by atoms with van der Waals surface area (Å²) in [6.07, 6.45) is 7.12. The number of aromatic hydroxyl groups is 1. The second kappa shape index (κ2) is 8.94. The molecule has 0 bridgehead atoms. The Labute approximate surface area is 176 Å². The van der Waals surface area contributed by atoms with Gasteiger partial charge >= 0.3 is 11.7 Å². The maximum Gasteiger partial charge on any atom is 0.411 e. The molecule has 1 saturated carbocycles. The van der Waals surface area contributed by atoms with Gasteiger partial charge in [0.25, 0.3) is 0 Å². The van der Waals surface area contributed by atoms with Crippen molar-refractivity contribution in [3.8, 4) is 5.75 Å². The van der Waals surface area contributed by atoms with Gasteiger partial charge in [0, 0.05) is 23.6 Å². The largest absolute Gasteiger partial charge is 0.507 e. The van der Waals surface area contributed by atoms with Crippen LogP contribution in [0, 0.1) is 5.92 Å². The molecule has 0 aliphatic heterocycles. The van der Waals surface area contributed by atoms with Crippen LogP contribution in [0.3, 0.4) is 0 Å². The number of fused-ring (bicyclic) bond motifs is 1. The molecule has 0 saturated heterocycles. The minimum absolute atomic E-state index is 0.115. The predicted molar refractivity (Wildman–Crippen MR) is 114 cm³/mol. The first-order valence-electron chi connectivity index (χ1n) is 11.0. The highest BCUT2D eigenvalue weighted by molar-refractivity contribution is 5.84. The lowest BCUT2D eigenvalue weighted by molar-refractivity contribution is 0.168. The van der Waals surface area contributed by atoms with Gasteiger partial charge in [0.05, 0.1) is 12.2 Å². The molecule has 4 rings (SSSR count). The van der Waals surface area contributed by atoms with Crippen LogP contribution in [0.4, 0.5) is 10.5 Å². The molecule has 0 radical (unpaired) electrons. The number of carbonyl (C=O) groups excluding carboxylic acids is 1. The minimum Gasteiger partial charge on any atom is -0.507 e. The van der Waals surface area contributed by atoms with Gasteiger partial charge in [0.2, 0.25) is 0 Å². The van der Waals surface area contributed by atoms with E-state index in [2.05, 4.69) is 5.32 Å². The Balaban J connectivity index is 1.73. The average molecular weight is 411 g/mol. The van der Waals surface area contributed by atoms with Crippen molar-refractivity contribution in [1.82, 2.24) is 0 Å². The highest BCUT2D eigenvalue weighted by Gasteiger charge is 2.38. The van der Waals surface area contributed by atoms with Gasteiger partial charge in [-0.15, -0.1) is 0 Å². The summed E-state index contributed by atoms with van der Waals surface area (Å²) >= 11 is 0. The number of anilines is 1. The Morgan fingerprint density at radius 2 is 2.00 bits per heavy atom. The van der Waals surface area contributed by atoms with Crippen LogP contribution in [0.25, 0.3) is 0 Å². The van der Waals surface area contributed by atoms with E-state index < -0.39 is 11.7 Å². The summed E-state index contributed by atoms with van der Waals surface area (Å²) in [6, 6.07) is 7.43. The Morgan fingerprint density at radius 3 is 2.73 bits per heavy atom. The standard InChI is InChI=1S/C24H29NO5/c1-2-29-24(28)25-17-9-7-8-16(14-17)20(15-12-13-15)21-22(26)18-10-5-3-4-6-11-19(18)30-23(21)27/h7-9,14-15,20,26H,2-6,10-13H2,1H3,(H,25,28). The van der Waals surface area contributed by atoms with Crippen LogP contribution >= 0.6 is 0 Å². The first kappa shape index (κ1) is 20.5. The lowest BCUT2D eigenvalue weighted by Crippen LogP contribution is -2.19. The smallest absolute Gasteiger partial charge is 0.411 e. The summed E-state index contributed by atoms with van der Waals surface area (Å²) in [6.45, 7) is 2.04. The number of benzene rings is 1.